The van der Waals surface area contributed by atoms with E-state index in [0.717, 1.165) is 24.3 Å². The number of nitrogen functional groups attached to an aromatic ring is 1. The molecule has 1 fully saturated rings. The molecule has 1 aliphatic rings. The fraction of sp³-hybridized carbons (Fsp3) is 0.264. The molecule has 0 saturated heterocycles. The highest BCUT2D eigenvalue weighted by Crippen LogP contribution is 2.40. The first-order valence-corrected chi connectivity index (χ1v) is 27.7. The summed E-state index contributed by atoms with van der Waals surface area (Å²) in [5.74, 6) is -5.45. The number of nitrogens with one attached hydrogen (secondary N) is 4. The van der Waals surface area contributed by atoms with Crippen molar-refractivity contribution >= 4 is 89.8 Å². The molecule has 3 unspecified atom stereocenters. The number of rotatable bonds is 21. The van der Waals surface area contributed by atoms with Crippen LogP contribution < -0.4 is 35.3 Å². The number of sulfonamides is 2. The third-order valence-electron chi connectivity index (χ3n) is 12.4. The normalized spacial score (nSPS) is 14.9. The van der Waals surface area contributed by atoms with Crippen LogP contribution >= 0.6 is 34.8 Å². The van der Waals surface area contributed by atoms with E-state index in [-0.39, 0.29) is 87.2 Å². The van der Waals surface area contributed by atoms with Crippen LogP contribution in [0.2, 0.25) is 15.1 Å². The molecule has 1 amide bonds. The lowest BCUT2D eigenvalue weighted by Gasteiger charge is -2.38. The highest BCUT2D eigenvalue weighted by atomic mass is 35.5. The van der Waals surface area contributed by atoms with Crippen molar-refractivity contribution in [3.05, 3.63) is 157 Å². The smallest absolute Gasteiger partial charge is 0.310 e. The topological polar surface area (TPSA) is 262 Å². The summed E-state index contributed by atoms with van der Waals surface area (Å²) in [5.41, 5.74) is 6.04. The van der Waals surface area contributed by atoms with Gasteiger partial charge < -0.3 is 35.5 Å². The van der Waals surface area contributed by atoms with E-state index in [1.54, 1.807) is 19.9 Å². The molecule has 77 heavy (non-hydrogen) atoms. The van der Waals surface area contributed by atoms with Crippen LogP contribution in [0.1, 0.15) is 84.4 Å². The minimum absolute atomic E-state index is 0.0624. The van der Waals surface area contributed by atoms with Crippen LogP contribution in [0.3, 0.4) is 0 Å². The second kappa shape index (κ2) is 23.5. The molecule has 0 spiro atoms. The first-order valence-electron chi connectivity index (χ1n) is 23.6. The van der Waals surface area contributed by atoms with Crippen LogP contribution in [0, 0.1) is 25.5 Å². The summed E-state index contributed by atoms with van der Waals surface area (Å²) in [6, 6.07) is 19.8. The average Bonchev–Trinajstić information content (AvgIpc) is 3.33. The molecular weight excluding hydrogens is 1110 g/mol. The van der Waals surface area contributed by atoms with E-state index in [0.29, 0.717) is 30.4 Å². The number of carbonyl (C=O) groups excluding carboxylic acids is 2. The number of aliphatic hydroxyl groups is 1. The van der Waals surface area contributed by atoms with Gasteiger partial charge in [0, 0.05) is 40.4 Å². The molecule has 0 bridgehead atoms. The predicted octanol–water partition coefficient (Wildman–Crippen LogP) is 10.8. The highest BCUT2D eigenvalue weighted by molar-refractivity contribution is 7.93. The van der Waals surface area contributed by atoms with E-state index in [1.165, 1.54) is 66.7 Å². The second-order valence-electron chi connectivity index (χ2n) is 18.8. The van der Waals surface area contributed by atoms with Gasteiger partial charge in [0.2, 0.25) is 0 Å². The van der Waals surface area contributed by atoms with E-state index in [4.69, 9.17) is 59.9 Å². The van der Waals surface area contributed by atoms with Gasteiger partial charge in [-0.25, -0.2) is 25.6 Å². The number of hydrogen-bond acceptors (Lipinski definition) is 13. The molecule has 17 nitrogen and oxygen atoms in total. The lowest BCUT2D eigenvalue weighted by atomic mass is 9.88. The molecule has 0 aromatic heterocycles. The first kappa shape index (κ1) is 58.0. The van der Waals surface area contributed by atoms with Crippen molar-refractivity contribution in [3.8, 4) is 23.0 Å². The number of nitrogens with two attached hydrogens (primary N) is 1. The maximum atomic E-state index is 15.8. The van der Waals surface area contributed by atoms with Crippen LogP contribution in [-0.2, 0) is 47.2 Å². The third-order valence-corrected chi connectivity index (χ3v) is 16.4. The van der Waals surface area contributed by atoms with Gasteiger partial charge in [0.05, 0.1) is 45.0 Å². The fourth-order valence-corrected chi connectivity index (χ4v) is 11.3. The molecule has 24 heteroatoms. The van der Waals surface area contributed by atoms with Gasteiger partial charge in [-0.2, -0.15) is 0 Å². The van der Waals surface area contributed by atoms with Crippen molar-refractivity contribution in [1.29, 1.82) is 0 Å². The number of halogens is 5. The van der Waals surface area contributed by atoms with Crippen molar-refractivity contribution in [2.45, 2.75) is 100 Å². The number of aliphatic carboxylic acids is 1. The standard InChI is InChI=1S/C53H52Cl3F2N5O12S2/c1-6-53(4,5)61-52(68)30-10-13-43(41(22-30)63-77(71,72)48-16-8-28(3)18-35(48)56)73-45-25-36(57)31(19-33(45)54)24-50(66)75-42-14-11-39(42)60-51(67)29-9-12-44(74-46-26-37(58)32(20-38(46)59)23-49(64)65)40(21-29)62-76(69,70)47-15-7-27(2)17-34(47)55/h7-10,12-13,15-22,25-26,39,42,51,60,62-63,67H,6,11,14,23-24,59H2,1-5H3,(H,61,68)(H,64,65). The van der Waals surface area contributed by atoms with Crippen LogP contribution in [0.25, 0.3) is 0 Å². The van der Waals surface area contributed by atoms with Gasteiger partial charge >= 0.3 is 11.9 Å². The number of aryl methyl sites for hydroxylation is 2. The van der Waals surface area contributed by atoms with E-state index in [9.17, 15) is 40.7 Å². The van der Waals surface area contributed by atoms with Gasteiger partial charge in [-0.3, -0.25) is 29.1 Å². The zero-order chi connectivity index (χ0) is 56.3. The van der Waals surface area contributed by atoms with Gasteiger partial charge in [-0.1, -0.05) is 59.9 Å². The number of benzene rings is 6. The average molecular weight is 1160 g/mol. The summed E-state index contributed by atoms with van der Waals surface area (Å²) in [4.78, 5) is 37.3. The number of carbonyl (C=O) groups is 3. The summed E-state index contributed by atoms with van der Waals surface area (Å²) < 4.78 is 108. The number of hydrogen-bond donors (Lipinski definition) is 7. The molecule has 8 N–H and O–H groups in total. The molecule has 3 atom stereocenters. The molecule has 1 saturated carbocycles. The van der Waals surface area contributed by atoms with Crippen LogP contribution in [-0.4, -0.2) is 62.6 Å². The summed E-state index contributed by atoms with van der Waals surface area (Å²) >= 11 is 19.2. The Morgan fingerprint density at radius 1 is 0.714 bits per heavy atom. The Morgan fingerprint density at radius 2 is 1.26 bits per heavy atom. The quantitative estimate of drug-likeness (QED) is 0.0201. The summed E-state index contributed by atoms with van der Waals surface area (Å²) in [6.07, 6.45) is -2.22. The number of amides is 1. The molecule has 6 aromatic carbocycles. The number of ether oxygens (including phenoxy) is 3. The van der Waals surface area contributed by atoms with Crippen molar-refractivity contribution in [2.24, 2.45) is 0 Å². The highest BCUT2D eigenvalue weighted by Gasteiger charge is 2.36. The zero-order valence-electron chi connectivity index (χ0n) is 41.8. The van der Waals surface area contributed by atoms with Gasteiger partial charge in [0.15, 0.2) is 17.2 Å². The third kappa shape index (κ3) is 14.3. The predicted molar refractivity (Wildman–Crippen MR) is 287 cm³/mol. The number of anilines is 3. The molecule has 408 valence electrons. The minimum atomic E-state index is -4.45. The molecule has 6 aromatic rings. The fourth-order valence-electron chi connectivity index (χ4n) is 7.73. The Bertz CT molecular complexity index is 3540. The Balaban J connectivity index is 1.06. The summed E-state index contributed by atoms with van der Waals surface area (Å²) in [5, 5.41) is 26.1. The zero-order valence-corrected chi connectivity index (χ0v) is 45.7. The molecular formula is C53H52Cl3F2N5O12S2. The Kier molecular flexibility index (Phi) is 17.7. The largest absolute Gasteiger partial charge is 0.481 e. The van der Waals surface area contributed by atoms with Crippen LogP contribution in [0.5, 0.6) is 23.0 Å². The van der Waals surface area contributed by atoms with E-state index < -0.39 is 86.3 Å². The van der Waals surface area contributed by atoms with Crippen molar-refractivity contribution in [1.82, 2.24) is 10.6 Å². The van der Waals surface area contributed by atoms with E-state index in [1.807, 2.05) is 20.8 Å². The Morgan fingerprint density at radius 3 is 1.81 bits per heavy atom. The van der Waals surface area contributed by atoms with Crippen LogP contribution in [0.15, 0.2) is 107 Å². The molecule has 0 heterocycles. The Labute approximate surface area is 458 Å². The summed E-state index contributed by atoms with van der Waals surface area (Å²) in [7, 11) is -8.84. The van der Waals surface area contributed by atoms with Crippen LogP contribution in [0.4, 0.5) is 25.8 Å². The van der Waals surface area contributed by atoms with E-state index in [2.05, 4.69) is 20.1 Å². The van der Waals surface area contributed by atoms with Gasteiger partial charge in [-0.05, 0) is 130 Å². The second-order valence-corrected chi connectivity index (χ2v) is 23.3. The number of carboxylic acid groups (broad SMARTS) is 1. The minimum Gasteiger partial charge on any atom is -0.481 e. The Hall–Kier alpha value is -6.72. The lowest BCUT2D eigenvalue weighted by molar-refractivity contribution is -0.155. The number of esters is 1. The number of aliphatic hydroxyl groups excluding tert-OH is 1. The van der Waals surface area contributed by atoms with Crippen molar-refractivity contribution in [3.63, 3.8) is 0 Å². The summed E-state index contributed by atoms with van der Waals surface area (Å²) in [6.45, 7) is 8.97. The molecule has 1 aliphatic carbocycles. The van der Waals surface area contributed by atoms with Crippen molar-refractivity contribution in [2.75, 3.05) is 15.2 Å². The van der Waals surface area contributed by atoms with Gasteiger partial charge in [0.25, 0.3) is 26.0 Å². The maximum Gasteiger partial charge on any atom is 0.310 e. The van der Waals surface area contributed by atoms with Crippen molar-refractivity contribution < 1.29 is 64.4 Å². The first-order chi connectivity index (χ1) is 36.1. The molecule has 0 radical (unpaired) electrons. The lowest BCUT2D eigenvalue weighted by Crippen LogP contribution is -2.51. The molecule has 7 rings (SSSR count). The molecule has 0 aliphatic heterocycles. The number of carboxylic acids is 1. The maximum absolute atomic E-state index is 15.8. The van der Waals surface area contributed by atoms with Gasteiger partial charge in [0.1, 0.15) is 39.5 Å². The SMILES string of the molecule is CCC(C)(C)NC(=O)c1ccc(Oc2cc(F)c(CC(=O)OC3CCC3NC(O)c3ccc(Oc4cc(F)c(CC(=O)O)cc4N)c(NS(=O)(=O)c4ccc(C)cc4Cl)c3)cc2Cl)c(NS(=O)(=O)c2ccc(C)cc2Cl)c1. The van der Waals surface area contributed by atoms with E-state index >= 15 is 4.39 Å². The van der Waals surface area contributed by atoms with Gasteiger partial charge in [-0.15, -0.1) is 0 Å². The monoisotopic (exact) mass is 1160 g/mol.